The highest BCUT2D eigenvalue weighted by Crippen LogP contribution is 2.30. The molecule has 1 saturated heterocycles. The zero-order chi connectivity index (χ0) is 25.4. The predicted molar refractivity (Wildman–Crippen MR) is 139 cm³/mol. The van der Waals surface area contributed by atoms with Crippen LogP contribution in [0.25, 0.3) is 27.9 Å². The van der Waals surface area contributed by atoms with Crippen molar-refractivity contribution in [2.45, 2.75) is 19.6 Å². The Bertz CT molecular complexity index is 1590. The highest BCUT2D eigenvalue weighted by Gasteiger charge is 2.31. The van der Waals surface area contributed by atoms with E-state index in [2.05, 4.69) is 15.1 Å². The zero-order valence-corrected chi connectivity index (χ0v) is 20.3. The number of anilines is 1. The summed E-state index contributed by atoms with van der Waals surface area (Å²) in [7, 11) is 0. The monoisotopic (exact) mass is 496 g/mol. The molecule has 1 fully saturated rings. The van der Waals surface area contributed by atoms with Crippen LogP contribution in [0.3, 0.4) is 0 Å². The molecule has 0 unspecified atom stereocenters. The molecular weight excluding hydrogens is 471 g/mol. The summed E-state index contributed by atoms with van der Waals surface area (Å²) < 4.78 is 22.2. The molecule has 9 heteroatoms. The van der Waals surface area contributed by atoms with Crippen LogP contribution in [0.2, 0.25) is 0 Å². The lowest BCUT2D eigenvalue weighted by Crippen LogP contribution is -2.54. The van der Waals surface area contributed by atoms with Gasteiger partial charge < -0.3 is 14.5 Å². The minimum Gasteiger partial charge on any atom is -0.445 e. The number of benzene rings is 3. The summed E-state index contributed by atoms with van der Waals surface area (Å²) in [5, 5.41) is 9.63. The topological polar surface area (TPSA) is 75.9 Å². The Balaban J connectivity index is 1.33. The number of carbonyl (C=O) groups excluding carboxylic acids is 1. The van der Waals surface area contributed by atoms with Crippen LogP contribution >= 0.6 is 0 Å². The van der Waals surface area contributed by atoms with E-state index in [1.165, 1.54) is 6.07 Å². The third kappa shape index (κ3) is 4.22. The molecule has 1 atom stereocenters. The molecule has 5 aromatic rings. The molecule has 3 heterocycles. The van der Waals surface area contributed by atoms with Gasteiger partial charge in [-0.1, -0.05) is 54.6 Å². The van der Waals surface area contributed by atoms with E-state index < -0.39 is 0 Å². The maximum absolute atomic E-state index is 14.8. The third-order valence-electron chi connectivity index (χ3n) is 6.69. The number of piperazine rings is 1. The van der Waals surface area contributed by atoms with E-state index in [-0.39, 0.29) is 24.6 Å². The normalized spacial score (nSPS) is 15.9. The van der Waals surface area contributed by atoms with Crippen LogP contribution in [0.4, 0.5) is 15.1 Å². The van der Waals surface area contributed by atoms with Crippen LogP contribution in [0, 0.1) is 5.82 Å². The number of amides is 1. The number of rotatable bonds is 4. The molecule has 0 saturated carbocycles. The highest BCUT2D eigenvalue weighted by molar-refractivity contribution is 5.93. The summed E-state index contributed by atoms with van der Waals surface area (Å²) in [6, 6.07) is 23.7. The summed E-state index contributed by atoms with van der Waals surface area (Å²) in [6.07, 6.45) is -0.344. The average molecular weight is 497 g/mol. The Hall–Kier alpha value is -4.53. The Morgan fingerprint density at radius 1 is 0.973 bits per heavy atom. The number of fused-ring (bicyclic) bond motifs is 3. The van der Waals surface area contributed by atoms with Gasteiger partial charge in [0.2, 0.25) is 5.95 Å². The fourth-order valence-electron chi connectivity index (χ4n) is 4.81. The number of hydrogen-bond donors (Lipinski definition) is 0. The molecule has 0 radical (unpaired) electrons. The second-order valence-electron chi connectivity index (χ2n) is 9.12. The maximum Gasteiger partial charge on any atom is 0.410 e. The molecule has 2 aromatic heterocycles. The molecule has 0 N–H and O–H groups in total. The van der Waals surface area contributed by atoms with E-state index in [1.807, 2.05) is 65.9 Å². The SMILES string of the molecule is C[C@@H]1CN(c2nc3ccccc3c3nnc(-c4ccccc4F)n23)CCN1C(=O)OCc1ccccc1. The summed E-state index contributed by atoms with van der Waals surface area (Å²) >= 11 is 0. The van der Waals surface area contributed by atoms with Crippen molar-refractivity contribution in [3.63, 3.8) is 0 Å². The van der Waals surface area contributed by atoms with Crippen LogP contribution in [-0.2, 0) is 11.3 Å². The number of halogens is 1. The van der Waals surface area contributed by atoms with Crippen molar-refractivity contribution in [2.24, 2.45) is 0 Å². The fourth-order valence-corrected chi connectivity index (χ4v) is 4.81. The van der Waals surface area contributed by atoms with Crippen LogP contribution < -0.4 is 4.90 Å². The smallest absolute Gasteiger partial charge is 0.410 e. The number of aromatic nitrogens is 4. The second-order valence-corrected chi connectivity index (χ2v) is 9.12. The van der Waals surface area contributed by atoms with Crippen molar-refractivity contribution < 1.29 is 13.9 Å². The molecule has 3 aromatic carbocycles. The molecule has 0 aliphatic carbocycles. The first-order valence-electron chi connectivity index (χ1n) is 12.2. The van der Waals surface area contributed by atoms with Gasteiger partial charge in [-0.3, -0.25) is 0 Å². The van der Waals surface area contributed by atoms with Crippen LogP contribution in [-0.4, -0.2) is 56.3 Å². The second kappa shape index (κ2) is 9.50. The maximum atomic E-state index is 14.8. The average Bonchev–Trinajstić information content (AvgIpc) is 3.37. The largest absolute Gasteiger partial charge is 0.445 e. The lowest BCUT2D eigenvalue weighted by molar-refractivity contribution is 0.0793. The Kier molecular flexibility index (Phi) is 5.88. The standard InChI is InChI=1S/C28H25FN6O2/c1-19-17-33(15-16-34(19)28(36)37-18-20-9-3-2-4-10-20)27-30-24-14-8-6-12-22(24)26-32-31-25(35(26)27)21-11-5-7-13-23(21)29/h2-14,19H,15-18H2,1H3/t19-/m1/s1. The number of hydrogen-bond acceptors (Lipinski definition) is 6. The van der Waals surface area contributed by atoms with E-state index in [0.717, 1.165) is 16.5 Å². The van der Waals surface area contributed by atoms with Crippen LogP contribution in [0.15, 0.2) is 78.9 Å². The first-order chi connectivity index (χ1) is 18.1. The van der Waals surface area contributed by atoms with E-state index >= 15 is 0 Å². The number of nitrogens with zero attached hydrogens (tertiary/aromatic N) is 6. The van der Waals surface area contributed by atoms with Gasteiger partial charge in [0.25, 0.3) is 0 Å². The first kappa shape index (κ1) is 22.9. The molecule has 1 amide bonds. The van der Waals surface area contributed by atoms with Crippen molar-refractivity contribution in [2.75, 3.05) is 24.5 Å². The molecular formula is C28H25FN6O2. The van der Waals surface area contributed by atoms with Gasteiger partial charge >= 0.3 is 6.09 Å². The summed E-state index contributed by atoms with van der Waals surface area (Å²) in [5.74, 6) is 0.620. The van der Waals surface area contributed by atoms with Crippen molar-refractivity contribution >= 4 is 28.6 Å². The summed E-state index contributed by atoms with van der Waals surface area (Å²) in [5.41, 5.74) is 2.67. The van der Waals surface area contributed by atoms with Gasteiger partial charge in [0.15, 0.2) is 11.5 Å². The van der Waals surface area contributed by atoms with Crippen molar-refractivity contribution in [1.29, 1.82) is 0 Å². The van der Waals surface area contributed by atoms with E-state index in [0.29, 0.717) is 42.6 Å². The summed E-state index contributed by atoms with van der Waals surface area (Å²) in [6.45, 7) is 3.72. The molecule has 8 nitrogen and oxygen atoms in total. The van der Waals surface area contributed by atoms with Crippen molar-refractivity contribution in [1.82, 2.24) is 24.5 Å². The van der Waals surface area contributed by atoms with Gasteiger partial charge in [0, 0.05) is 31.1 Å². The molecule has 37 heavy (non-hydrogen) atoms. The first-order valence-corrected chi connectivity index (χ1v) is 12.2. The zero-order valence-electron chi connectivity index (χ0n) is 20.3. The van der Waals surface area contributed by atoms with Crippen molar-refractivity contribution in [3.05, 3.63) is 90.2 Å². The predicted octanol–water partition coefficient (Wildman–Crippen LogP) is 4.93. The number of para-hydroxylation sites is 1. The Morgan fingerprint density at radius 2 is 1.73 bits per heavy atom. The van der Waals surface area contributed by atoms with Gasteiger partial charge in [-0.05, 0) is 36.8 Å². The fraction of sp³-hybridized carbons (Fsp3) is 0.214. The Morgan fingerprint density at radius 3 is 2.54 bits per heavy atom. The number of ether oxygens (including phenoxy) is 1. The number of carbonyl (C=O) groups is 1. The molecule has 1 aliphatic rings. The van der Waals surface area contributed by atoms with Crippen LogP contribution in [0.5, 0.6) is 0 Å². The van der Waals surface area contributed by atoms with E-state index in [9.17, 15) is 9.18 Å². The van der Waals surface area contributed by atoms with Gasteiger partial charge in [0.05, 0.1) is 11.1 Å². The Labute approximate surface area is 212 Å². The molecule has 6 rings (SSSR count). The highest BCUT2D eigenvalue weighted by atomic mass is 19.1. The van der Waals surface area contributed by atoms with Crippen LogP contribution in [0.1, 0.15) is 12.5 Å². The molecule has 1 aliphatic heterocycles. The molecule has 0 spiro atoms. The third-order valence-corrected chi connectivity index (χ3v) is 6.69. The minimum absolute atomic E-state index is 0.131. The van der Waals surface area contributed by atoms with Gasteiger partial charge in [0.1, 0.15) is 12.4 Å². The van der Waals surface area contributed by atoms with Gasteiger partial charge in [-0.2, -0.15) is 0 Å². The lowest BCUT2D eigenvalue weighted by atomic mass is 10.2. The minimum atomic E-state index is -0.379. The van der Waals surface area contributed by atoms with Crippen molar-refractivity contribution in [3.8, 4) is 11.4 Å². The van der Waals surface area contributed by atoms with E-state index in [4.69, 9.17) is 9.72 Å². The summed E-state index contributed by atoms with van der Waals surface area (Å²) in [4.78, 5) is 21.6. The molecule has 186 valence electrons. The van der Waals surface area contributed by atoms with E-state index in [1.54, 1.807) is 23.1 Å². The van der Waals surface area contributed by atoms with Gasteiger partial charge in [-0.15, -0.1) is 10.2 Å². The quantitative estimate of drug-likeness (QED) is 0.351. The van der Waals surface area contributed by atoms with Gasteiger partial charge in [-0.25, -0.2) is 18.6 Å². The molecule has 0 bridgehead atoms. The lowest BCUT2D eigenvalue weighted by Gasteiger charge is -2.39.